The molecule has 0 aromatic heterocycles. The van der Waals surface area contributed by atoms with Gasteiger partial charge in [-0.1, -0.05) is 0 Å². The molecule has 2 fully saturated rings. The minimum absolute atomic E-state index is 0.0214. The summed E-state index contributed by atoms with van der Waals surface area (Å²) in [5.41, 5.74) is 0. The van der Waals surface area contributed by atoms with Crippen molar-refractivity contribution >= 4 is 11.9 Å². The average Bonchev–Trinajstić information content (AvgIpc) is 2.53. The van der Waals surface area contributed by atoms with E-state index in [2.05, 4.69) is 0 Å². The van der Waals surface area contributed by atoms with Gasteiger partial charge in [0.2, 0.25) is 5.91 Å². The summed E-state index contributed by atoms with van der Waals surface area (Å²) in [5, 5.41) is 0. The molecule has 2 aliphatic heterocycles. The van der Waals surface area contributed by atoms with Crippen LogP contribution in [0.3, 0.4) is 0 Å². The largest absolute Gasteiger partial charge is 0.326 e. The topological polar surface area (TPSA) is 40.6 Å². The number of likely N-dealkylation sites (tertiary alicyclic amines) is 2. The molecule has 0 unspecified atom stereocenters. The number of hydrogen-bond acceptors (Lipinski definition) is 2. The van der Waals surface area contributed by atoms with E-state index in [1.165, 1.54) is 4.90 Å². The zero-order valence-electron chi connectivity index (χ0n) is 6.95. The molecule has 2 heterocycles. The highest BCUT2D eigenvalue weighted by Crippen LogP contribution is 2.15. The monoisotopic (exact) mass is 168 g/mol. The molecular formula is C8H12N2O2. The molecule has 0 atom stereocenters. The van der Waals surface area contributed by atoms with Crippen LogP contribution in [0.15, 0.2) is 0 Å². The van der Waals surface area contributed by atoms with Gasteiger partial charge >= 0.3 is 6.03 Å². The lowest BCUT2D eigenvalue weighted by molar-refractivity contribution is -0.136. The van der Waals surface area contributed by atoms with Gasteiger partial charge in [-0.05, 0) is 12.8 Å². The number of carbonyl (C=O) groups excluding carboxylic acids is 2. The van der Waals surface area contributed by atoms with Gasteiger partial charge in [0.25, 0.3) is 0 Å². The Morgan fingerprint density at radius 3 is 2.25 bits per heavy atom. The number of β-lactam (4-membered cyclic amide) rings is 1. The van der Waals surface area contributed by atoms with Crippen LogP contribution in [0.1, 0.15) is 19.3 Å². The Kier molecular flexibility index (Phi) is 1.75. The number of amides is 3. The molecule has 0 saturated carbocycles. The lowest BCUT2D eigenvalue weighted by atomic mass is 10.2. The van der Waals surface area contributed by atoms with Crippen molar-refractivity contribution in [1.82, 2.24) is 9.80 Å². The number of rotatable bonds is 0. The first kappa shape index (κ1) is 7.58. The number of hydrogen-bond donors (Lipinski definition) is 0. The van der Waals surface area contributed by atoms with E-state index in [0.29, 0.717) is 13.0 Å². The molecule has 0 spiro atoms. The second-order valence-electron chi connectivity index (χ2n) is 3.27. The summed E-state index contributed by atoms with van der Waals surface area (Å²) in [7, 11) is 0. The Bertz CT molecular complexity index is 221. The Labute approximate surface area is 71.1 Å². The molecule has 3 amide bonds. The SMILES string of the molecule is O=C1CCN1C(=O)N1CCCC1. The van der Waals surface area contributed by atoms with Gasteiger partial charge in [0.1, 0.15) is 0 Å². The Balaban J connectivity index is 1.94. The highest BCUT2D eigenvalue weighted by atomic mass is 16.2. The van der Waals surface area contributed by atoms with Crippen molar-refractivity contribution in [3.05, 3.63) is 0 Å². The van der Waals surface area contributed by atoms with Crippen molar-refractivity contribution in [2.24, 2.45) is 0 Å². The molecule has 0 radical (unpaired) electrons. The van der Waals surface area contributed by atoms with Gasteiger partial charge in [-0.25, -0.2) is 4.79 Å². The first-order valence-corrected chi connectivity index (χ1v) is 4.38. The summed E-state index contributed by atoms with van der Waals surface area (Å²) in [6.07, 6.45) is 2.70. The molecule has 0 aromatic carbocycles. The molecule has 12 heavy (non-hydrogen) atoms. The Morgan fingerprint density at radius 1 is 1.17 bits per heavy atom. The summed E-state index contributed by atoms with van der Waals surface area (Å²) in [4.78, 5) is 25.5. The van der Waals surface area contributed by atoms with Crippen LogP contribution in [0.4, 0.5) is 4.79 Å². The van der Waals surface area contributed by atoms with Gasteiger partial charge in [0, 0.05) is 26.1 Å². The molecule has 4 nitrogen and oxygen atoms in total. The van der Waals surface area contributed by atoms with E-state index in [1.54, 1.807) is 4.90 Å². The van der Waals surface area contributed by atoms with E-state index >= 15 is 0 Å². The normalized spacial score (nSPS) is 22.8. The van der Waals surface area contributed by atoms with Crippen LogP contribution in [0.2, 0.25) is 0 Å². The first-order valence-electron chi connectivity index (χ1n) is 4.38. The molecule has 66 valence electrons. The van der Waals surface area contributed by atoms with Crippen LogP contribution in [0.25, 0.3) is 0 Å². The third-order valence-electron chi connectivity index (χ3n) is 2.46. The molecule has 2 aliphatic rings. The molecule has 0 bridgehead atoms. The van der Waals surface area contributed by atoms with E-state index in [1.807, 2.05) is 0 Å². The lowest BCUT2D eigenvalue weighted by Crippen LogP contribution is -2.52. The fourth-order valence-electron chi connectivity index (χ4n) is 1.60. The molecule has 0 aliphatic carbocycles. The smallest absolute Gasteiger partial charge is 0.324 e. The maximum absolute atomic E-state index is 11.5. The van der Waals surface area contributed by atoms with Crippen molar-refractivity contribution in [2.75, 3.05) is 19.6 Å². The number of imide groups is 1. The van der Waals surface area contributed by atoms with E-state index in [4.69, 9.17) is 0 Å². The number of urea groups is 1. The van der Waals surface area contributed by atoms with Gasteiger partial charge in [0.05, 0.1) is 0 Å². The highest BCUT2D eigenvalue weighted by Gasteiger charge is 2.33. The summed E-state index contributed by atoms with van der Waals surface area (Å²) in [6.45, 7) is 2.26. The van der Waals surface area contributed by atoms with E-state index in [0.717, 1.165) is 25.9 Å². The fraction of sp³-hybridized carbons (Fsp3) is 0.750. The zero-order valence-corrected chi connectivity index (χ0v) is 6.95. The predicted molar refractivity (Wildman–Crippen MR) is 42.5 cm³/mol. The zero-order chi connectivity index (χ0) is 8.55. The highest BCUT2D eigenvalue weighted by molar-refractivity contribution is 5.98. The maximum atomic E-state index is 11.5. The second-order valence-corrected chi connectivity index (χ2v) is 3.27. The predicted octanol–water partition coefficient (Wildman–Crippen LogP) is 0.435. The van der Waals surface area contributed by atoms with Crippen LogP contribution in [-0.2, 0) is 4.79 Å². The lowest BCUT2D eigenvalue weighted by Gasteiger charge is -2.32. The summed E-state index contributed by atoms with van der Waals surface area (Å²) >= 11 is 0. The van der Waals surface area contributed by atoms with Crippen molar-refractivity contribution in [2.45, 2.75) is 19.3 Å². The third-order valence-corrected chi connectivity index (χ3v) is 2.46. The van der Waals surface area contributed by atoms with Crippen LogP contribution < -0.4 is 0 Å². The maximum Gasteiger partial charge on any atom is 0.326 e. The second kappa shape index (κ2) is 2.77. The van der Waals surface area contributed by atoms with Crippen molar-refractivity contribution in [3.8, 4) is 0 Å². The third kappa shape index (κ3) is 1.07. The van der Waals surface area contributed by atoms with Gasteiger partial charge in [0.15, 0.2) is 0 Å². The molecule has 2 saturated heterocycles. The minimum atomic E-state index is -0.0799. The van der Waals surface area contributed by atoms with Gasteiger partial charge < -0.3 is 4.90 Å². The average molecular weight is 168 g/mol. The Hall–Kier alpha value is -1.06. The summed E-state index contributed by atoms with van der Waals surface area (Å²) < 4.78 is 0. The van der Waals surface area contributed by atoms with Gasteiger partial charge in [-0.3, -0.25) is 9.69 Å². The van der Waals surface area contributed by atoms with Crippen LogP contribution in [0, 0.1) is 0 Å². The number of carbonyl (C=O) groups is 2. The van der Waals surface area contributed by atoms with Crippen molar-refractivity contribution in [3.63, 3.8) is 0 Å². The summed E-state index contributed by atoms with van der Waals surface area (Å²) in [5.74, 6) is -0.0214. The van der Waals surface area contributed by atoms with Gasteiger partial charge in [-0.2, -0.15) is 0 Å². The minimum Gasteiger partial charge on any atom is -0.324 e. The van der Waals surface area contributed by atoms with Crippen LogP contribution >= 0.6 is 0 Å². The van der Waals surface area contributed by atoms with E-state index in [-0.39, 0.29) is 11.9 Å². The van der Waals surface area contributed by atoms with E-state index < -0.39 is 0 Å². The quantitative estimate of drug-likeness (QED) is 0.492. The van der Waals surface area contributed by atoms with Crippen molar-refractivity contribution in [1.29, 1.82) is 0 Å². The Morgan fingerprint density at radius 2 is 1.83 bits per heavy atom. The van der Waals surface area contributed by atoms with Crippen molar-refractivity contribution < 1.29 is 9.59 Å². The first-order chi connectivity index (χ1) is 5.79. The number of nitrogens with zero attached hydrogens (tertiary/aromatic N) is 2. The molecule has 4 heteroatoms. The summed E-state index contributed by atoms with van der Waals surface area (Å²) in [6, 6.07) is -0.0799. The molecule has 0 N–H and O–H groups in total. The molecule has 0 aromatic rings. The van der Waals surface area contributed by atoms with Crippen LogP contribution in [0.5, 0.6) is 0 Å². The van der Waals surface area contributed by atoms with Crippen LogP contribution in [-0.4, -0.2) is 41.4 Å². The fourth-order valence-corrected chi connectivity index (χ4v) is 1.60. The standard InChI is InChI=1S/C8H12N2O2/c11-7-3-6-10(7)8(12)9-4-1-2-5-9/h1-6H2. The molecular weight excluding hydrogens is 156 g/mol. The van der Waals surface area contributed by atoms with Gasteiger partial charge in [-0.15, -0.1) is 0 Å². The molecule has 2 rings (SSSR count). The van der Waals surface area contributed by atoms with E-state index in [9.17, 15) is 9.59 Å².